The fourth-order valence-electron chi connectivity index (χ4n) is 10.4. The Labute approximate surface area is 413 Å². The number of imidazole rings is 2. The van der Waals surface area contributed by atoms with Crippen LogP contribution in [0.4, 0.5) is 26.3 Å². The fraction of sp³-hybridized carbons (Fsp3) is 0.333. The lowest BCUT2D eigenvalue weighted by Gasteiger charge is -2.48. The predicted octanol–water partition coefficient (Wildman–Crippen LogP) is 9.34. The van der Waals surface area contributed by atoms with E-state index in [-0.39, 0.29) is 35.0 Å². The topological polar surface area (TPSA) is 101 Å². The van der Waals surface area contributed by atoms with Crippen LogP contribution in [-0.2, 0) is 9.59 Å². The summed E-state index contributed by atoms with van der Waals surface area (Å²) < 4.78 is 98.3. The second-order valence-electron chi connectivity index (χ2n) is 18.9. The van der Waals surface area contributed by atoms with Gasteiger partial charge in [-0.15, -0.1) is 0 Å². The molecule has 12 nitrogen and oxygen atoms in total. The molecule has 4 saturated heterocycles. The Morgan fingerprint density at radius 3 is 1.26 bits per heavy atom. The standard InChI is InChI=1S/2C27H27F3N4O2/c2*1-16-12-33(15-31-16)23-7-4-17(9-25(23)36-3)8-18-5-6-20-13-32(2)14-24(34(20)27(18)35)19-10-21(28)26(30)22(29)11-19/h2*4,7-12,15,20,24H,5-6,13-14H2,1-3H3/b2*18-8+/t2*20-,24-/m10/s1. The van der Waals surface area contributed by atoms with E-state index < -0.39 is 47.0 Å². The van der Waals surface area contributed by atoms with Crippen molar-refractivity contribution < 1.29 is 45.4 Å². The van der Waals surface area contributed by atoms with Crippen LogP contribution >= 0.6 is 0 Å². The van der Waals surface area contributed by atoms with Gasteiger partial charge in [0.15, 0.2) is 34.9 Å². The summed E-state index contributed by atoms with van der Waals surface area (Å²) in [5, 5.41) is 0. The molecule has 72 heavy (non-hydrogen) atoms. The van der Waals surface area contributed by atoms with Gasteiger partial charge in [-0.05, 0) is 137 Å². The molecule has 0 aliphatic carbocycles. The third-order valence-corrected chi connectivity index (χ3v) is 13.8. The predicted molar refractivity (Wildman–Crippen MR) is 259 cm³/mol. The van der Waals surface area contributed by atoms with Crippen molar-refractivity contribution in [2.75, 3.05) is 54.5 Å². The molecule has 18 heteroatoms. The van der Waals surface area contributed by atoms with Gasteiger partial charge in [-0.2, -0.15) is 0 Å². The average Bonchev–Trinajstić information content (AvgIpc) is 4.00. The van der Waals surface area contributed by atoms with Gasteiger partial charge in [0.2, 0.25) is 0 Å². The Kier molecular flexibility index (Phi) is 14.2. The summed E-state index contributed by atoms with van der Waals surface area (Å²) >= 11 is 0. The van der Waals surface area contributed by atoms with Crippen LogP contribution in [0.1, 0.15) is 71.4 Å². The number of piperazine rings is 2. The monoisotopic (exact) mass is 992 g/mol. The van der Waals surface area contributed by atoms with Crippen molar-refractivity contribution >= 4 is 24.0 Å². The van der Waals surface area contributed by atoms with Gasteiger partial charge in [0.25, 0.3) is 11.8 Å². The van der Waals surface area contributed by atoms with Gasteiger partial charge in [-0.25, -0.2) is 36.3 Å². The second-order valence-corrected chi connectivity index (χ2v) is 18.9. The quantitative estimate of drug-likeness (QED) is 0.0846. The number of hydrogen-bond acceptors (Lipinski definition) is 8. The first kappa shape index (κ1) is 49.8. The molecule has 6 aromatic rings. The van der Waals surface area contributed by atoms with Gasteiger partial charge >= 0.3 is 0 Å². The molecule has 4 aromatic carbocycles. The normalized spacial score (nSPS) is 21.7. The van der Waals surface area contributed by atoms with Gasteiger partial charge in [0.1, 0.15) is 11.5 Å². The Bertz CT molecular complexity index is 2860. The van der Waals surface area contributed by atoms with E-state index in [0.717, 1.165) is 58.2 Å². The number of nitrogens with zero attached hydrogens (tertiary/aromatic N) is 8. The average molecular weight is 993 g/mol. The highest BCUT2D eigenvalue weighted by Crippen LogP contribution is 2.40. The van der Waals surface area contributed by atoms with E-state index in [2.05, 4.69) is 9.97 Å². The molecule has 4 fully saturated rings. The summed E-state index contributed by atoms with van der Waals surface area (Å²) in [5.74, 6) is -7.11. The van der Waals surface area contributed by atoms with E-state index in [9.17, 15) is 35.9 Å². The first-order chi connectivity index (χ1) is 34.5. The van der Waals surface area contributed by atoms with Crippen molar-refractivity contribution in [1.82, 2.24) is 38.7 Å². The van der Waals surface area contributed by atoms with Crippen LogP contribution < -0.4 is 9.47 Å². The number of amides is 2. The summed E-state index contributed by atoms with van der Waals surface area (Å²) in [7, 11) is 7.00. The van der Waals surface area contributed by atoms with Gasteiger partial charge < -0.3 is 38.2 Å². The zero-order chi connectivity index (χ0) is 51.1. The minimum absolute atomic E-state index is 0.101. The molecular weight excluding hydrogens is 939 g/mol. The van der Waals surface area contributed by atoms with Gasteiger partial charge in [0.05, 0.1) is 61.7 Å². The summed E-state index contributed by atoms with van der Waals surface area (Å²) in [4.78, 5) is 43.4. The zero-order valence-electron chi connectivity index (χ0n) is 40.7. The summed E-state index contributed by atoms with van der Waals surface area (Å²) in [5.41, 5.74) is 6.75. The number of halogens is 6. The van der Waals surface area contributed by atoms with Crippen molar-refractivity contribution in [3.63, 3.8) is 0 Å². The van der Waals surface area contributed by atoms with Gasteiger partial charge in [-0.1, -0.05) is 12.1 Å². The Hall–Kier alpha value is -7.18. The Morgan fingerprint density at radius 2 is 0.931 bits per heavy atom. The van der Waals surface area contributed by atoms with Crippen LogP contribution in [0.15, 0.2) is 96.9 Å². The molecule has 376 valence electrons. The number of rotatable bonds is 8. The number of likely N-dealkylation sites (N-methyl/N-ethyl adjacent to an activating group) is 2. The minimum atomic E-state index is -1.51. The molecule has 0 N–H and O–H groups in total. The van der Waals surface area contributed by atoms with Crippen molar-refractivity contribution in [2.45, 2.75) is 63.7 Å². The molecule has 2 aromatic heterocycles. The molecule has 2 amide bonds. The van der Waals surface area contributed by atoms with E-state index >= 15 is 0 Å². The van der Waals surface area contributed by atoms with E-state index in [1.165, 1.54) is 0 Å². The lowest BCUT2D eigenvalue weighted by molar-refractivity contribution is -0.139. The molecule has 0 bridgehead atoms. The van der Waals surface area contributed by atoms with Crippen molar-refractivity contribution in [3.05, 3.63) is 165 Å². The number of carbonyl (C=O) groups is 2. The lowest BCUT2D eigenvalue weighted by Crippen LogP contribution is -2.57. The van der Waals surface area contributed by atoms with E-state index in [4.69, 9.17) is 9.47 Å². The van der Waals surface area contributed by atoms with Crippen LogP contribution in [-0.4, -0.2) is 117 Å². The van der Waals surface area contributed by atoms with E-state index in [0.29, 0.717) is 74.5 Å². The van der Waals surface area contributed by atoms with Gasteiger partial charge in [-0.3, -0.25) is 9.59 Å². The number of hydrogen-bond donors (Lipinski definition) is 0. The molecule has 6 heterocycles. The molecule has 4 aliphatic rings. The molecule has 0 radical (unpaired) electrons. The largest absolute Gasteiger partial charge is 0.495 e. The molecule has 0 saturated carbocycles. The highest BCUT2D eigenvalue weighted by molar-refractivity contribution is 6.00. The number of aromatic nitrogens is 4. The molecule has 0 unspecified atom stereocenters. The molecule has 0 spiro atoms. The maximum atomic E-state index is 14.0. The summed E-state index contributed by atoms with van der Waals surface area (Å²) in [6, 6.07) is 14.0. The van der Waals surface area contributed by atoms with Crippen LogP contribution in [0, 0.1) is 48.8 Å². The van der Waals surface area contributed by atoms with Crippen LogP contribution in [0.2, 0.25) is 0 Å². The van der Waals surface area contributed by atoms with Crippen LogP contribution in [0.3, 0.4) is 0 Å². The van der Waals surface area contributed by atoms with E-state index in [1.54, 1.807) is 36.7 Å². The number of fused-ring (bicyclic) bond motifs is 2. The molecule has 10 rings (SSSR count). The third kappa shape index (κ3) is 10.0. The fourth-order valence-corrected chi connectivity index (χ4v) is 10.4. The second kappa shape index (κ2) is 20.5. The molecular formula is C54H54F6N8O4. The van der Waals surface area contributed by atoms with Gasteiger partial charge in [0, 0.05) is 61.8 Å². The van der Waals surface area contributed by atoms with Crippen molar-refractivity contribution in [2.24, 2.45) is 0 Å². The number of ether oxygens (including phenoxy) is 2. The van der Waals surface area contributed by atoms with Crippen LogP contribution in [0.25, 0.3) is 23.5 Å². The molecule has 4 aliphatic heterocycles. The first-order valence-corrected chi connectivity index (χ1v) is 23.6. The highest BCUT2D eigenvalue weighted by Gasteiger charge is 2.43. The number of benzene rings is 4. The van der Waals surface area contributed by atoms with Crippen molar-refractivity contribution in [1.29, 1.82) is 0 Å². The zero-order valence-corrected chi connectivity index (χ0v) is 40.7. The molecule has 4 atom stereocenters. The minimum Gasteiger partial charge on any atom is -0.495 e. The number of methoxy groups -OCH3 is 2. The first-order valence-electron chi connectivity index (χ1n) is 23.6. The maximum Gasteiger partial charge on any atom is 0.250 e. The number of piperidine rings is 2. The smallest absolute Gasteiger partial charge is 0.250 e. The SMILES string of the molecule is COc1cc(/C=C2\CC[C@@H]3CN(C)C[C@H](c4cc(F)c(F)c(F)c4)N3C2=O)ccc1-n1cnc(C)c1.COc1cc(/C=C2\CC[C@H]3CN(C)C[C@@H](c4cc(F)c(F)c(F)c4)N3C2=O)ccc1-n1cnc(C)c1. The third-order valence-electron chi connectivity index (χ3n) is 13.8. The maximum absolute atomic E-state index is 14.0. The Morgan fingerprint density at radius 1 is 0.556 bits per heavy atom. The number of carbonyl (C=O) groups excluding carboxylic acids is 2. The highest BCUT2D eigenvalue weighted by atomic mass is 19.2. The Balaban J connectivity index is 0.000000178. The number of aryl methyl sites for hydroxylation is 2. The van der Waals surface area contributed by atoms with Crippen LogP contribution in [0.5, 0.6) is 11.5 Å². The lowest BCUT2D eigenvalue weighted by atomic mass is 9.89. The summed E-state index contributed by atoms with van der Waals surface area (Å²) in [6.07, 6.45) is 13.5. The van der Waals surface area contributed by atoms with E-state index in [1.807, 2.05) is 108 Å². The van der Waals surface area contributed by atoms with Crippen molar-refractivity contribution in [3.8, 4) is 22.9 Å². The summed E-state index contributed by atoms with van der Waals surface area (Å²) in [6.45, 7) is 5.93.